The minimum Gasteiger partial charge on any atom is -0.465 e. The van der Waals surface area contributed by atoms with E-state index < -0.39 is 0 Å². The highest BCUT2D eigenvalue weighted by atomic mass is 16.5. The zero-order valence-corrected chi connectivity index (χ0v) is 12.7. The van der Waals surface area contributed by atoms with Crippen LogP contribution in [0.1, 0.15) is 39.5 Å². The van der Waals surface area contributed by atoms with E-state index in [2.05, 4.69) is 19.9 Å². The maximum absolute atomic E-state index is 12.1. The number of ketones is 1. The number of hydrogen-bond donors (Lipinski definition) is 0. The molecule has 3 heteroatoms. The van der Waals surface area contributed by atoms with Gasteiger partial charge in [0.2, 0.25) is 0 Å². The highest BCUT2D eigenvalue weighted by Gasteiger charge is 2.60. The summed E-state index contributed by atoms with van der Waals surface area (Å²) in [6.07, 6.45) is 9.75. The largest absolute Gasteiger partial charge is 0.465 e. The summed E-state index contributed by atoms with van der Waals surface area (Å²) in [6.45, 7) is 4.96. The monoisotopic (exact) mass is 286 g/mol. The molecule has 1 saturated heterocycles. The molecule has 0 unspecified atom stereocenters. The summed E-state index contributed by atoms with van der Waals surface area (Å²) in [7, 11) is 0. The Labute approximate surface area is 125 Å². The fourth-order valence-corrected chi connectivity index (χ4v) is 5.41. The van der Waals surface area contributed by atoms with Gasteiger partial charge in [0.25, 0.3) is 0 Å². The van der Waals surface area contributed by atoms with E-state index in [0.29, 0.717) is 24.4 Å². The predicted octanol–water partition coefficient (Wildman–Crippen LogP) is 3.06. The first-order valence-corrected chi connectivity index (χ1v) is 8.06. The van der Waals surface area contributed by atoms with Crippen LogP contribution in [0.4, 0.5) is 0 Å². The van der Waals surface area contributed by atoms with Crippen LogP contribution in [-0.4, -0.2) is 18.4 Å². The van der Waals surface area contributed by atoms with E-state index in [1.165, 1.54) is 5.57 Å². The van der Waals surface area contributed by atoms with Gasteiger partial charge in [0.1, 0.15) is 0 Å². The third-order valence-electron chi connectivity index (χ3n) is 6.81. The number of allylic oxidation sites excluding steroid dienone is 4. The molecule has 112 valence electrons. The Kier molecular flexibility index (Phi) is 2.59. The van der Waals surface area contributed by atoms with Crippen molar-refractivity contribution in [3.8, 4) is 0 Å². The van der Waals surface area contributed by atoms with Crippen LogP contribution in [0.5, 0.6) is 0 Å². The van der Waals surface area contributed by atoms with Crippen LogP contribution in [0, 0.1) is 28.6 Å². The lowest BCUT2D eigenvalue weighted by Gasteiger charge is -2.54. The molecule has 0 aromatic carbocycles. The molecule has 0 aromatic rings. The van der Waals surface area contributed by atoms with Gasteiger partial charge in [-0.15, -0.1) is 0 Å². The fourth-order valence-electron chi connectivity index (χ4n) is 5.41. The zero-order valence-electron chi connectivity index (χ0n) is 12.7. The van der Waals surface area contributed by atoms with Crippen molar-refractivity contribution in [3.05, 3.63) is 23.8 Å². The van der Waals surface area contributed by atoms with E-state index in [1.54, 1.807) is 6.08 Å². The molecule has 21 heavy (non-hydrogen) atoms. The lowest BCUT2D eigenvalue weighted by atomic mass is 9.48. The van der Waals surface area contributed by atoms with E-state index in [-0.39, 0.29) is 22.6 Å². The van der Waals surface area contributed by atoms with Crippen molar-refractivity contribution in [1.29, 1.82) is 0 Å². The first kappa shape index (κ1) is 13.3. The summed E-state index contributed by atoms with van der Waals surface area (Å²) in [5, 5.41) is 0. The molecular formula is C18H22O3. The number of carbonyl (C=O) groups is 2. The van der Waals surface area contributed by atoms with Gasteiger partial charge >= 0.3 is 5.97 Å². The first-order chi connectivity index (χ1) is 9.95. The van der Waals surface area contributed by atoms with Crippen molar-refractivity contribution >= 4 is 11.8 Å². The van der Waals surface area contributed by atoms with Gasteiger partial charge in [0.15, 0.2) is 5.78 Å². The van der Waals surface area contributed by atoms with Crippen LogP contribution in [-0.2, 0) is 14.3 Å². The molecule has 0 radical (unpaired) electrons. The third kappa shape index (κ3) is 1.60. The molecule has 1 aliphatic heterocycles. The maximum atomic E-state index is 12.1. The Bertz CT molecular complexity index is 587. The number of hydrogen-bond acceptors (Lipinski definition) is 3. The standard InChI is InChI=1S/C18H22O3/c1-17-7-5-12(19)9-11(17)3-4-13-14(17)6-8-18(2)15(13)10-21-16(18)20/h5,7,9,13-15H,3-4,6,8,10H2,1-2H3/t13-,14+,15+,17+,18+/m1/s1. The maximum Gasteiger partial charge on any atom is 0.312 e. The van der Waals surface area contributed by atoms with E-state index in [1.807, 2.05) is 6.08 Å². The van der Waals surface area contributed by atoms with Crippen molar-refractivity contribution < 1.29 is 14.3 Å². The molecule has 0 N–H and O–H groups in total. The van der Waals surface area contributed by atoms with Crippen LogP contribution >= 0.6 is 0 Å². The lowest BCUT2D eigenvalue weighted by Crippen LogP contribution is -2.50. The van der Waals surface area contributed by atoms with Gasteiger partial charge < -0.3 is 4.74 Å². The summed E-state index contributed by atoms with van der Waals surface area (Å²) in [4.78, 5) is 23.8. The minimum atomic E-state index is -0.271. The topological polar surface area (TPSA) is 43.4 Å². The zero-order chi connectivity index (χ0) is 14.8. The summed E-state index contributed by atoms with van der Waals surface area (Å²) < 4.78 is 5.41. The summed E-state index contributed by atoms with van der Waals surface area (Å²) in [6, 6.07) is 0. The Hall–Kier alpha value is -1.38. The number of carbonyl (C=O) groups excluding carboxylic acids is 2. The van der Waals surface area contributed by atoms with Crippen molar-refractivity contribution in [2.45, 2.75) is 39.5 Å². The molecule has 4 aliphatic rings. The molecule has 0 bridgehead atoms. The molecule has 4 rings (SSSR count). The van der Waals surface area contributed by atoms with Gasteiger partial charge in [-0.3, -0.25) is 9.59 Å². The Morgan fingerprint density at radius 2 is 2.00 bits per heavy atom. The molecule has 0 amide bonds. The van der Waals surface area contributed by atoms with Crippen LogP contribution < -0.4 is 0 Å². The minimum absolute atomic E-state index is 0.00376. The van der Waals surface area contributed by atoms with Crippen LogP contribution in [0.15, 0.2) is 23.8 Å². The number of ether oxygens (including phenoxy) is 1. The molecule has 0 aromatic heterocycles. The van der Waals surface area contributed by atoms with Crippen molar-refractivity contribution in [2.75, 3.05) is 6.61 Å². The van der Waals surface area contributed by atoms with E-state index in [0.717, 1.165) is 25.7 Å². The molecule has 3 fully saturated rings. The van der Waals surface area contributed by atoms with Crippen molar-refractivity contribution in [1.82, 2.24) is 0 Å². The Morgan fingerprint density at radius 3 is 2.81 bits per heavy atom. The number of cyclic esters (lactones) is 1. The summed E-state index contributed by atoms with van der Waals surface area (Å²) in [5.74, 6) is 1.56. The molecule has 1 heterocycles. The smallest absolute Gasteiger partial charge is 0.312 e. The second-order valence-corrected chi connectivity index (χ2v) is 7.66. The summed E-state index contributed by atoms with van der Waals surface area (Å²) >= 11 is 0. The fraction of sp³-hybridized carbons (Fsp3) is 0.667. The average molecular weight is 286 g/mol. The highest BCUT2D eigenvalue weighted by molar-refractivity contribution is 6.01. The van der Waals surface area contributed by atoms with Crippen LogP contribution in [0.2, 0.25) is 0 Å². The number of rotatable bonds is 0. The molecule has 5 atom stereocenters. The van der Waals surface area contributed by atoms with E-state index in [4.69, 9.17) is 4.74 Å². The number of esters is 1. The van der Waals surface area contributed by atoms with E-state index in [9.17, 15) is 9.59 Å². The SMILES string of the molecule is C[C@]12C=CC(=O)C=C1CC[C@@H]1[C@@H]2CC[C@]2(C)C(=O)OC[C@@H]12. The van der Waals surface area contributed by atoms with Gasteiger partial charge in [0.05, 0.1) is 12.0 Å². The molecule has 0 spiro atoms. The Morgan fingerprint density at radius 1 is 1.19 bits per heavy atom. The van der Waals surface area contributed by atoms with Crippen LogP contribution in [0.25, 0.3) is 0 Å². The molecule has 3 nitrogen and oxygen atoms in total. The van der Waals surface area contributed by atoms with Crippen molar-refractivity contribution in [3.63, 3.8) is 0 Å². The average Bonchev–Trinajstić information content (AvgIpc) is 2.76. The van der Waals surface area contributed by atoms with Crippen molar-refractivity contribution in [2.24, 2.45) is 28.6 Å². The van der Waals surface area contributed by atoms with Gasteiger partial charge in [-0.2, -0.15) is 0 Å². The normalized spacial score (nSPS) is 48.1. The Balaban J connectivity index is 1.72. The quantitative estimate of drug-likeness (QED) is 0.643. The van der Waals surface area contributed by atoms with Gasteiger partial charge in [-0.1, -0.05) is 18.6 Å². The van der Waals surface area contributed by atoms with E-state index >= 15 is 0 Å². The lowest BCUT2D eigenvalue weighted by molar-refractivity contribution is -0.148. The molecule has 3 aliphatic carbocycles. The second-order valence-electron chi connectivity index (χ2n) is 7.66. The van der Waals surface area contributed by atoms with Gasteiger partial charge in [-0.05, 0) is 56.6 Å². The van der Waals surface area contributed by atoms with Crippen LogP contribution in [0.3, 0.4) is 0 Å². The second kappa shape index (κ2) is 4.08. The summed E-state index contributed by atoms with van der Waals surface area (Å²) in [5.41, 5.74) is 1.03. The van der Waals surface area contributed by atoms with Gasteiger partial charge in [-0.25, -0.2) is 0 Å². The number of fused-ring (bicyclic) bond motifs is 5. The third-order valence-corrected chi connectivity index (χ3v) is 6.81. The predicted molar refractivity (Wildman–Crippen MR) is 78.3 cm³/mol. The highest BCUT2D eigenvalue weighted by Crippen LogP contribution is 2.61. The molecular weight excluding hydrogens is 264 g/mol. The van der Waals surface area contributed by atoms with Gasteiger partial charge in [0, 0.05) is 11.3 Å². The molecule has 2 saturated carbocycles. The first-order valence-electron chi connectivity index (χ1n) is 8.06.